The van der Waals surface area contributed by atoms with Crippen molar-refractivity contribution in [3.05, 3.63) is 75.7 Å². The maximum absolute atomic E-state index is 12.5. The van der Waals surface area contributed by atoms with Crippen LogP contribution in [0.2, 0.25) is 0 Å². The first kappa shape index (κ1) is 15.8. The summed E-state index contributed by atoms with van der Waals surface area (Å²) < 4.78 is 1.69. The summed E-state index contributed by atoms with van der Waals surface area (Å²) in [7, 11) is 1.74. The largest absolute Gasteiger partial charge is 0.503 e. The van der Waals surface area contributed by atoms with E-state index >= 15 is 0 Å². The number of aromatic hydroxyl groups is 1. The van der Waals surface area contributed by atoms with Crippen LogP contribution in [0.1, 0.15) is 21.7 Å². The molecule has 3 aromatic rings. The molecule has 1 aromatic heterocycles. The quantitative estimate of drug-likeness (QED) is 0.778. The molecule has 0 unspecified atom stereocenters. The van der Waals surface area contributed by atoms with Crippen LogP contribution in [0, 0.1) is 6.92 Å². The molecule has 0 aliphatic rings. The molecule has 2 aromatic carbocycles. The van der Waals surface area contributed by atoms with Crippen molar-refractivity contribution in [3.63, 3.8) is 0 Å². The van der Waals surface area contributed by atoms with E-state index in [9.17, 15) is 14.7 Å². The normalized spacial score (nSPS) is 10.8. The number of aryl methyl sites for hydroxylation is 1. The SMILES string of the molecule is Cc1cc(=O)c(O)c(CNC(=O)c2cccc3ccccc23)n1C. The second kappa shape index (κ2) is 6.20. The molecule has 0 aliphatic heterocycles. The average molecular weight is 322 g/mol. The number of aromatic nitrogens is 1. The fraction of sp³-hybridized carbons (Fsp3) is 0.158. The number of benzene rings is 2. The van der Waals surface area contributed by atoms with Gasteiger partial charge in [-0.3, -0.25) is 9.59 Å². The van der Waals surface area contributed by atoms with Crippen molar-refractivity contribution in [2.24, 2.45) is 7.05 Å². The first-order valence-corrected chi connectivity index (χ1v) is 7.63. The average Bonchev–Trinajstić information content (AvgIpc) is 2.59. The molecule has 24 heavy (non-hydrogen) atoms. The Kier molecular flexibility index (Phi) is 4.08. The summed E-state index contributed by atoms with van der Waals surface area (Å²) in [6.07, 6.45) is 0. The van der Waals surface area contributed by atoms with Gasteiger partial charge in [-0.25, -0.2) is 0 Å². The molecule has 5 heteroatoms. The highest BCUT2D eigenvalue weighted by molar-refractivity contribution is 6.06. The number of hydrogen-bond acceptors (Lipinski definition) is 3. The molecule has 2 N–H and O–H groups in total. The van der Waals surface area contributed by atoms with Crippen LogP contribution in [0.5, 0.6) is 5.75 Å². The van der Waals surface area contributed by atoms with E-state index in [-0.39, 0.29) is 18.2 Å². The van der Waals surface area contributed by atoms with Gasteiger partial charge in [-0.2, -0.15) is 0 Å². The standard InChI is InChI=1S/C19H18N2O3/c1-12-10-17(22)18(23)16(21(12)2)11-20-19(24)15-9-5-7-13-6-3-4-8-14(13)15/h3-10,23H,11H2,1-2H3,(H,20,24). The molecular formula is C19H18N2O3. The van der Waals surface area contributed by atoms with Crippen LogP contribution >= 0.6 is 0 Å². The lowest BCUT2D eigenvalue weighted by molar-refractivity contribution is 0.0951. The Morgan fingerprint density at radius 1 is 1.17 bits per heavy atom. The van der Waals surface area contributed by atoms with Gasteiger partial charge in [0.2, 0.25) is 5.43 Å². The third-order valence-corrected chi connectivity index (χ3v) is 4.23. The fourth-order valence-corrected chi connectivity index (χ4v) is 2.75. The summed E-state index contributed by atoms with van der Waals surface area (Å²) in [4.78, 5) is 24.3. The van der Waals surface area contributed by atoms with Gasteiger partial charge in [-0.1, -0.05) is 36.4 Å². The lowest BCUT2D eigenvalue weighted by Crippen LogP contribution is -2.26. The minimum absolute atomic E-state index is 0.0707. The zero-order chi connectivity index (χ0) is 17.3. The number of amides is 1. The smallest absolute Gasteiger partial charge is 0.252 e. The second-order valence-corrected chi connectivity index (χ2v) is 5.71. The molecule has 3 rings (SSSR count). The van der Waals surface area contributed by atoms with Gasteiger partial charge in [0.1, 0.15) is 0 Å². The third-order valence-electron chi connectivity index (χ3n) is 4.23. The van der Waals surface area contributed by atoms with Crippen LogP contribution < -0.4 is 10.7 Å². The number of carbonyl (C=O) groups is 1. The first-order chi connectivity index (χ1) is 11.5. The minimum atomic E-state index is -0.444. The number of pyridine rings is 1. The van der Waals surface area contributed by atoms with Crippen molar-refractivity contribution in [2.75, 3.05) is 0 Å². The van der Waals surface area contributed by atoms with Crippen LogP contribution in [0.25, 0.3) is 10.8 Å². The lowest BCUT2D eigenvalue weighted by atomic mass is 10.0. The molecule has 0 atom stereocenters. The third kappa shape index (κ3) is 2.76. The maximum atomic E-state index is 12.5. The molecule has 0 radical (unpaired) electrons. The topological polar surface area (TPSA) is 71.3 Å². The monoisotopic (exact) mass is 322 g/mol. The highest BCUT2D eigenvalue weighted by atomic mass is 16.3. The van der Waals surface area contributed by atoms with E-state index < -0.39 is 5.43 Å². The number of hydrogen-bond donors (Lipinski definition) is 2. The molecule has 0 fully saturated rings. The molecule has 122 valence electrons. The van der Waals surface area contributed by atoms with Crippen molar-refractivity contribution >= 4 is 16.7 Å². The van der Waals surface area contributed by atoms with Gasteiger partial charge in [0.15, 0.2) is 5.75 Å². The van der Waals surface area contributed by atoms with Crippen LogP contribution in [0.15, 0.2) is 53.3 Å². The summed E-state index contributed by atoms with van der Waals surface area (Å²) in [5, 5.41) is 14.6. The van der Waals surface area contributed by atoms with Gasteiger partial charge < -0.3 is 15.0 Å². The Bertz CT molecular complexity index is 984. The molecule has 1 amide bonds. The molecule has 0 bridgehead atoms. The van der Waals surface area contributed by atoms with E-state index in [2.05, 4.69) is 5.32 Å². The van der Waals surface area contributed by atoms with E-state index in [1.54, 1.807) is 24.6 Å². The van der Waals surface area contributed by atoms with Crippen LogP contribution in [-0.2, 0) is 13.6 Å². The van der Waals surface area contributed by atoms with Crippen LogP contribution in [0.3, 0.4) is 0 Å². The van der Waals surface area contributed by atoms with Crippen molar-refractivity contribution < 1.29 is 9.90 Å². The lowest BCUT2D eigenvalue weighted by Gasteiger charge is -2.14. The number of nitrogens with zero attached hydrogens (tertiary/aromatic N) is 1. The fourth-order valence-electron chi connectivity index (χ4n) is 2.75. The van der Waals surface area contributed by atoms with E-state index in [4.69, 9.17) is 0 Å². The highest BCUT2D eigenvalue weighted by Crippen LogP contribution is 2.19. The Labute approximate surface area is 139 Å². The molecule has 1 heterocycles. The Morgan fingerprint density at radius 3 is 2.67 bits per heavy atom. The van der Waals surface area contributed by atoms with Crippen molar-refractivity contribution in [2.45, 2.75) is 13.5 Å². The van der Waals surface area contributed by atoms with E-state index in [0.717, 1.165) is 10.8 Å². The van der Waals surface area contributed by atoms with Gasteiger partial charge in [0.05, 0.1) is 12.2 Å². The van der Waals surface area contributed by atoms with E-state index in [1.165, 1.54) is 6.07 Å². The minimum Gasteiger partial charge on any atom is -0.503 e. The number of nitrogens with one attached hydrogen (secondary N) is 1. The van der Waals surface area contributed by atoms with E-state index in [1.807, 2.05) is 36.4 Å². The van der Waals surface area contributed by atoms with Crippen LogP contribution in [-0.4, -0.2) is 15.6 Å². The molecule has 0 aliphatic carbocycles. The second-order valence-electron chi connectivity index (χ2n) is 5.71. The molecule has 0 saturated carbocycles. The molecular weight excluding hydrogens is 304 g/mol. The zero-order valence-electron chi connectivity index (χ0n) is 13.5. The molecule has 0 saturated heterocycles. The summed E-state index contributed by atoms with van der Waals surface area (Å²) in [5.74, 6) is -0.582. The van der Waals surface area contributed by atoms with Gasteiger partial charge >= 0.3 is 0 Å². The highest BCUT2D eigenvalue weighted by Gasteiger charge is 2.14. The molecule has 0 spiro atoms. The predicted octanol–water partition coefficient (Wildman–Crippen LogP) is 2.48. The summed E-state index contributed by atoms with van der Waals surface area (Å²) in [6, 6.07) is 14.5. The van der Waals surface area contributed by atoms with Crippen molar-refractivity contribution in [3.8, 4) is 5.75 Å². The first-order valence-electron chi connectivity index (χ1n) is 7.63. The van der Waals surface area contributed by atoms with Gasteiger partial charge in [-0.05, 0) is 23.8 Å². The van der Waals surface area contributed by atoms with Crippen molar-refractivity contribution in [1.29, 1.82) is 0 Å². The van der Waals surface area contributed by atoms with Crippen LogP contribution in [0.4, 0.5) is 0 Å². The molecule has 5 nitrogen and oxygen atoms in total. The van der Waals surface area contributed by atoms with Gasteiger partial charge in [0.25, 0.3) is 5.91 Å². The zero-order valence-corrected chi connectivity index (χ0v) is 13.5. The van der Waals surface area contributed by atoms with E-state index in [0.29, 0.717) is 17.0 Å². The Morgan fingerprint density at radius 2 is 1.88 bits per heavy atom. The maximum Gasteiger partial charge on any atom is 0.252 e. The summed E-state index contributed by atoms with van der Waals surface area (Å²) in [5.41, 5.74) is 1.21. The summed E-state index contributed by atoms with van der Waals surface area (Å²) in [6.45, 7) is 1.85. The number of carbonyl (C=O) groups excluding carboxylic acids is 1. The number of fused-ring (bicyclic) bond motifs is 1. The van der Waals surface area contributed by atoms with Crippen molar-refractivity contribution in [1.82, 2.24) is 9.88 Å². The number of rotatable bonds is 3. The predicted molar refractivity (Wildman–Crippen MR) is 93.2 cm³/mol. The Hall–Kier alpha value is -3.08. The van der Waals surface area contributed by atoms with Gasteiger partial charge in [0, 0.05) is 24.4 Å². The Balaban J connectivity index is 1.90. The van der Waals surface area contributed by atoms with Gasteiger partial charge in [-0.15, -0.1) is 0 Å². The summed E-state index contributed by atoms with van der Waals surface area (Å²) >= 11 is 0.